The summed E-state index contributed by atoms with van der Waals surface area (Å²) in [7, 11) is 0. The number of rotatable bonds is 2. The molecule has 1 aromatic carbocycles. The SMILES string of the molecule is N[C@H](c1c(F)cccc1C(F)(F)F)C1CC1. The third-order valence-corrected chi connectivity index (χ3v) is 2.82. The van der Waals surface area contributed by atoms with Gasteiger partial charge in [-0.2, -0.15) is 13.2 Å². The fourth-order valence-electron chi connectivity index (χ4n) is 1.81. The van der Waals surface area contributed by atoms with Crippen LogP contribution in [0.15, 0.2) is 18.2 Å². The van der Waals surface area contributed by atoms with Crippen molar-refractivity contribution in [1.29, 1.82) is 0 Å². The Balaban J connectivity index is 2.48. The molecule has 0 spiro atoms. The third kappa shape index (κ3) is 2.04. The molecule has 0 aromatic heterocycles. The lowest BCUT2D eigenvalue weighted by molar-refractivity contribution is -0.138. The molecular weight excluding hydrogens is 222 g/mol. The van der Waals surface area contributed by atoms with E-state index in [2.05, 4.69) is 0 Å². The van der Waals surface area contributed by atoms with E-state index in [-0.39, 0.29) is 5.92 Å². The maximum atomic E-state index is 13.4. The number of alkyl halides is 3. The fourth-order valence-corrected chi connectivity index (χ4v) is 1.81. The van der Waals surface area contributed by atoms with E-state index in [0.717, 1.165) is 31.0 Å². The van der Waals surface area contributed by atoms with Crippen molar-refractivity contribution in [3.05, 3.63) is 35.1 Å². The normalized spacial score (nSPS) is 18.6. The highest BCUT2D eigenvalue weighted by molar-refractivity contribution is 5.34. The minimum Gasteiger partial charge on any atom is -0.324 e. The van der Waals surface area contributed by atoms with E-state index in [9.17, 15) is 17.6 Å². The van der Waals surface area contributed by atoms with Gasteiger partial charge in [-0.05, 0) is 30.9 Å². The average Bonchev–Trinajstić information content (AvgIpc) is 2.98. The van der Waals surface area contributed by atoms with Crippen molar-refractivity contribution in [1.82, 2.24) is 0 Å². The van der Waals surface area contributed by atoms with Crippen molar-refractivity contribution >= 4 is 0 Å². The Kier molecular flexibility index (Phi) is 2.66. The van der Waals surface area contributed by atoms with Gasteiger partial charge in [0.15, 0.2) is 0 Å². The summed E-state index contributed by atoms with van der Waals surface area (Å²) in [6, 6.07) is 2.10. The monoisotopic (exact) mass is 233 g/mol. The van der Waals surface area contributed by atoms with Gasteiger partial charge in [-0.3, -0.25) is 0 Å². The Morgan fingerprint density at radius 1 is 1.25 bits per heavy atom. The Morgan fingerprint density at radius 3 is 2.38 bits per heavy atom. The van der Waals surface area contributed by atoms with Crippen molar-refractivity contribution in [2.24, 2.45) is 11.7 Å². The van der Waals surface area contributed by atoms with Crippen molar-refractivity contribution in [3.8, 4) is 0 Å². The summed E-state index contributed by atoms with van der Waals surface area (Å²) in [5.74, 6) is -0.882. The average molecular weight is 233 g/mol. The summed E-state index contributed by atoms with van der Waals surface area (Å²) in [5.41, 5.74) is 4.32. The largest absolute Gasteiger partial charge is 0.416 e. The minimum absolute atomic E-state index is 0.0157. The summed E-state index contributed by atoms with van der Waals surface area (Å²) < 4.78 is 51.4. The molecule has 1 aliphatic carbocycles. The highest BCUT2D eigenvalue weighted by Gasteiger charge is 2.40. The molecule has 1 atom stereocenters. The maximum absolute atomic E-state index is 13.4. The fraction of sp³-hybridized carbons (Fsp3) is 0.455. The summed E-state index contributed by atoms with van der Waals surface area (Å²) in [6.45, 7) is 0. The molecule has 1 nitrogen and oxygen atoms in total. The van der Waals surface area contributed by atoms with Gasteiger partial charge in [0.25, 0.3) is 0 Å². The van der Waals surface area contributed by atoms with Gasteiger partial charge in [0.2, 0.25) is 0 Å². The first-order valence-electron chi connectivity index (χ1n) is 5.02. The van der Waals surface area contributed by atoms with E-state index < -0.39 is 29.2 Å². The quantitative estimate of drug-likeness (QED) is 0.779. The van der Waals surface area contributed by atoms with Crippen LogP contribution in [0.2, 0.25) is 0 Å². The van der Waals surface area contributed by atoms with Crippen LogP contribution in [0, 0.1) is 11.7 Å². The molecule has 0 bridgehead atoms. The lowest BCUT2D eigenvalue weighted by Gasteiger charge is -2.18. The van der Waals surface area contributed by atoms with Crippen LogP contribution in [0.4, 0.5) is 17.6 Å². The lowest BCUT2D eigenvalue weighted by atomic mass is 9.96. The highest BCUT2D eigenvalue weighted by Crippen LogP contribution is 2.44. The van der Waals surface area contributed by atoms with Crippen molar-refractivity contribution in [3.63, 3.8) is 0 Å². The molecule has 1 aliphatic rings. The van der Waals surface area contributed by atoms with Crippen molar-refractivity contribution in [2.75, 3.05) is 0 Å². The van der Waals surface area contributed by atoms with Gasteiger partial charge in [0, 0.05) is 11.6 Å². The van der Waals surface area contributed by atoms with E-state index in [1.807, 2.05) is 0 Å². The number of hydrogen-bond acceptors (Lipinski definition) is 1. The Morgan fingerprint density at radius 2 is 1.88 bits per heavy atom. The molecule has 16 heavy (non-hydrogen) atoms. The van der Waals surface area contributed by atoms with Gasteiger partial charge < -0.3 is 5.73 Å². The van der Waals surface area contributed by atoms with Crippen LogP contribution in [-0.2, 0) is 6.18 Å². The molecule has 1 saturated carbocycles. The van der Waals surface area contributed by atoms with Crippen LogP contribution in [0.25, 0.3) is 0 Å². The number of halogens is 4. The minimum atomic E-state index is -4.55. The zero-order chi connectivity index (χ0) is 11.9. The smallest absolute Gasteiger partial charge is 0.324 e. The first kappa shape index (κ1) is 11.4. The molecule has 2 N–H and O–H groups in total. The Bertz CT molecular complexity index is 395. The van der Waals surface area contributed by atoms with E-state index in [1.165, 1.54) is 0 Å². The van der Waals surface area contributed by atoms with E-state index in [4.69, 9.17) is 5.73 Å². The van der Waals surface area contributed by atoms with Gasteiger partial charge in [-0.25, -0.2) is 4.39 Å². The van der Waals surface area contributed by atoms with E-state index in [1.54, 1.807) is 0 Å². The van der Waals surface area contributed by atoms with Crippen LogP contribution >= 0.6 is 0 Å². The zero-order valence-electron chi connectivity index (χ0n) is 8.39. The molecule has 0 unspecified atom stereocenters. The second-order valence-electron chi connectivity index (χ2n) is 4.06. The van der Waals surface area contributed by atoms with Gasteiger partial charge in [0.05, 0.1) is 5.56 Å². The van der Waals surface area contributed by atoms with Gasteiger partial charge >= 0.3 is 6.18 Å². The van der Waals surface area contributed by atoms with Gasteiger partial charge in [-0.1, -0.05) is 6.07 Å². The summed E-state index contributed by atoms with van der Waals surface area (Å²) in [4.78, 5) is 0. The molecule has 0 aliphatic heterocycles. The van der Waals surface area contributed by atoms with Crippen LogP contribution < -0.4 is 5.73 Å². The molecule has 88 valence electrons. The molecule has 0 saturated heterocycles. The number of hydrogen-bond donors (Lipinski definition) is 1. The maximum Gasteiger partial charge on any atom is 0.416 e. The topological polar surface area (TPSA) is 26.0 Å². The first-order chi connectivity index (χ1) is 7.41. The van der Waals surface area contributed by atoms with Crippen LogP contribution in [-0.4, -0.2) is 0 Å². The highest BCUT2D eigenvalue weighted by atomic mass is 19.4. The van der Waals surface area contributed by atoms with E-state index >= 15 is 0 Å². The molecular formula is C11H11F4N. The van der Waals surface area contributed by atoms with E-state index in [0.29, 0.717) is 0 Å². The number of benzene rings is 1. The second-order valence-corrected chi connectivity index (χ2v) is 4.06. The van der Waals surface area contributed by atoms with Gasteiger partial charge in [0.1, 0.15) is 5.82 Å². The first-order valence-corrected chi connectivity index (χ1v) is 5.02. The Hall–Kier alpha value is -1.10. The molecule has 5 heteroatoms. The molecule has 0 heterocycles. The summed E-state index contributed by atoms with van der Waals surface area (Å²) in [6.07, 6.45) is -3.01. The molecule has 0 radical (unpaired) electrons. The van der Waals surface area contributed by atoms with Crippen LogP contribution in [0.5, 0.6) is 0 Å². The van der Waals surface area contributed by atoms with Gasteiger partial charge in [-0.15, -0.1) is 0 Å². The summed E-state index contributed by atoms with van der Waals surface area (Å²) >= 11 is 0. The number of nitrogens with two attached hydrogens (primary N) is 1. The molecule has 2 rings (SSSR count). The molecule has 1 fully saturated rings. The Labute approximate surface area is 90.3 Å². The molecule has 0 amide bonds. The van der Waals surface area contributed by atoms with Crippen molar-refractivity contribution < 1.29 is 17.6 Å². The van der Waals surface area contributed by atoms with Crippen molar-refractivity contribution in [2.45, 2.75) is 25.1 Å². The molecule has 1 aromatic rings. The predicted octanol–water partition coefficient (Wildman–Crippen LogP) is 3.25. The standard InChI is InChI=1S/C11H11F4N/c12-8-3-1-2-7(11(13,14)15)9(8)10(16)6-4-5-6/h1-3,6,10H,4-5,16H2/t10-/m0/s1. The van der Waals surface area contributed by atoms with Crippen LogP contribution in [0.3, 0.4) is 0 Å². The predicted molar refractivity (Wildman–Crippen MR) is 51.1 cm³/mol. The van der Waals surface area contributed by atoms with Crippen LogP contribution in [0.1, 0.15) is 30.0 Å². The summed E-state index contributed by atoms with van der Waals surface area (Å²) in [5, 5.41) is 0. The lowest BCUT2D eigenvalue weighted by Crippen LogP contribution is -2.20. The third-order valence-electron chi connectivity index (χ3n) is 2.82. The second kappa shape index (κ2) is 3.73. The zero-order valence-corrected chi connectivity index (χ0v) is 8.39.